The standard InChI is InChI=1S/C63H42N2S2/c1-63(2)53-24-9-6-19-45(53)50-37-52-51-36-42(31-34-55(51)65(58(52)38-54(50)63)44-18-12-17-41(35-44)39-15-4-3-5-16-39)40-29-32-43(33-30-40)64(56-25-13-22-48-46-20-7-10-27-59(46)66-61(48)56)57-26-14-23-49-47-21-8-11-28-60(47)67-62(49)57/h3-38H,1-2H3. The van der Waals surface area contributed by atoms with Gasteiger partial charge in [0, 0.05) is 58.5 Å². The van der Waals surface area contributed by atoms with Crippen molar-refractivity contribution >= 4 is 102 Å². The van der Waals surface area contributed by atoms with Gasteiger partial charge in [0.05, 0.1) is 31.8 Å². The molecule has 0 saturated carbocycles. The first-order chi connectivity index (χ1) is 33.0. The predicted octanol–water partition coefficient (Wildman–Crippen LogP) is 18.6. The summed E-state index contributed by atoms with van der Waals surface area (Å²) < 4.78 is 7.68. The molecule has 2 nitrogen and oxygen atoms in total. The van der Waals surface area contributed by atoms with Gasteiger partial charge >= 0.3 is 0 Å². The molecular weight excluding hydrogens is 849 g/mol. The first-order valence-corrected chi connectivity index (χ1v) is 24.7. The SMILES string of the molecule is CC1(C)c2ccccc2-c2cc3c4cc(-c5ccc(N(c6cccc7c6sc6ccccc67)c6cccc7c6sc6ccccc67)cc5)ccc4n(-c4cccc(-c5ccccc5)c4)c3cc21. The molecule has 10 aromatic carbocycles. The Morgan fingerprint density at radius 3 is 1.64 bits per heavy atom. The summed E-state index contributed by atoms with van der Waals surface area (Å²) in [6.45, 7) is 4.75. The largest absolute Gasteiger partial charge is 0.309 e. The van der Waals surface area contributed by atoms with Crippen LogP contribution < -0.4 is 4.90 Å². The Hall–Kier alpha value is -7.76. The molecular formula is C63H42N2S2. The van der Waals surface area contributed by atoms with Crippen LogP contribution in [0.3, 0.4) is 0 Å². The molecule has 1 aliphatic carbocycles. The van der Waals surface area contributed by atoms with Gasteiger partial charge < -0.3 is 9.47 Å². The summed E-state index contributed by atoms with van der Waals surface area (Å²) in [4.78, 5) is 2.50. The number of hydrogen-bond donors (Lipinski definition) is 0. The van der Waals surface area contributed by atoms with E-state index in [0.29, 0.717) is 0 Å². The maximum atomic E-state index is 2.50. The molecule has 1 aliphatic rings. The van der Waals surface area contributed by atoms with E-state index < -0.39 is 0 Å². The lowest BCUT2D eigenvalue weighted by molar-refractivity contribution is 0.661. The van der Waals surface area contributed by atoms with Gasteiger partial charge in [-0.15, -0.1) is 22.7 Å². The first-order valence-electron chi connectivity index (χ1n) is 23.1. The third-order valence-electron chi connectivity index (χ3n) is 14.4. The number of rotatable bonds is 6. The highest BCUT2D eigenvalue weighted by molar-refractivity contribution is 7.27. The monoisotopic (exact) mass is 890 g/mol. The van der Waals surface area contributed by atoms with Crippen molar-refractivity contribution in [3.8, 4) is 39.1 Å². The van der Waals surface area contributed by atoms with Gasteiger partial charge in [-0.25, -0.2) is 0 Å². The molecule has 3 aromatic heterocycles. The summed E-state index contributed by atoms with van der Waals surface area (Å²) in [5.74, 6) is 0. The van der Waals surface area contributed by atoms with Crippen molar-refractivity contribution in [3.63, 3.8) is 0 Å². The average molecular weight is 891 g/mol. The maximum Gasteiger partial charge on any atom is 0.0640 e. The molecule has 0 saturated heterocycles. The normalized spacial score (nSPS) is 13.0. The minimum atomic E-state index is -0.112. The van der Waals surface area contributed by atoms with Crippen molar-refractivity contribution in [2.24, 2.45) is 0 Å². The van der Waals surface area contributed by atoms with E-state index in [1.165, 1.54) is 118 Å². The van der Waals surface area contributed by atoms with Gasteiger partial charge in [-0.2, -0.15) is 0 Å². The zero-order valence-electron chi connectivity index (χ0n) is 37.0. The van der Waals surface area contributed by atoms with Crippen molar-refractivity contribution in [1.29, 1.82) is 0 Å². The lowest BCUT2D eigenvalue weighted by atomic mass is 9.82. The van der Waals surface area contributed by atoms with Crippen LogP contribution in [0.4, 0.5) is 17.1 Å². The van der Waals surface area contributed by atoms with E-state index in [9.17, 15) is 0 Å². The summed E-state index contributed by atoms with van der Waals surface area (Å²) in [5, 5.41) is 7.71. The molecule has 67 heavy (non-hydrogen) atoms. The summed E-state index contributed by atoms with van der Waals surface area (Å²) in [6, 6.07) is 81.3. The Kier molecular flexibility index (Phi) is 8.40. The number of thiophene rings is 2. The van der Waals surface area contributed by atoms with Crippen LogP contribution in [0.15, 0.2) is 218 Å². The molecule has 0 aliphatic heterocycles. The Labute approximate surface area is 396 Å². The number of nitrogens with zero attached hydrogens (tertiary/aromatic N) is 2. The minimum absolute atomic E-state index is 0.112. The zero-order valence-corrected chi connectivity index (χ0v) is 38.6. The second-order valence-electron chi connectivity index (χ2n) is 18.5. The third-order valence-corrected chi connectivity index (χ3v) is 16.8. The van der Waals surface area contributed by atoms with Gasteiger partial charge in [0.2, 0.25) is 0 Å². The van der Waals surface area contributed by atoms with E-state index in [4.69, 9.17) is 0 Å². The van der Waals surface area contributed by atoms with Crippen molar-refractivity contribution in [1.82, 2.24) is 4.57 Å². The zero-order chi connectivity index (χ0) is 44.4. The smallest absolute Gasteiger partial charge is 0.0640 e. The molecule has 0 radical (unpaired) electrons. The van der Waals surface area contributed by atoms with E-state index in [-0.39, 0.29) is 5.41 Å². The maximum absolute atomic E-state index is 2.50. The predicted molar refractivity (Wildman–Crippen MR) is 290 cm³/mol. The highest BCUT2D eigenvalue weighted by Crippen LogP contribution is 2.52. The van der Waals surface area contributed by atoms with Crippen LogP contribution in [-0.2, 0) is 5.41 Å². The average Bonchev–Trinajstić information content (AvgIpc) is 4.11. The summed E-state index contributed by atoms with van der Waals surface area (Å²) in [5.41, 5.74) is 17.2. The van der Waals surface area contributed by atoms with Crippen LogP contribution in [0.2, 0.25) is 0 Å². The molecule has 0 unspecified atom stereocenters. The van der Waals surface area contributed by atoms with Crippen molar-refractivity contribution in [2.45, 2.75) is 19.3 Å². The van der Waals surface area contributed by atoms with Crippen molar-refractivity contribution < 1.29 is 0 Å². The Bertz CT molecular complexity index is 4020. The highest BCUT2D eigenvalue weighted by Gasteiger charge is 2.36. The number of hydrogen-bond acceptors (Lipinski definition) is 3. The molecule has 0 atom stereocenters. The Morgan fingerprint density at radius 2 is 0.925 bits per heavy atom. The minimum Gasteiger partial charge on any atom is -0.309 e. The summed E-state index contributed by atoms with van der Waals surface area (Å²) >= 11 is 3.76. The van der Waals surface area contributed by atoms with Gasteiger partial charge in [-0.3, -0.25) is 0 Å². The Balaban J connectivity index is 0.950. The molecule has 0 spiro atoms. The van der Waals surface area contributed by atoms with E-state index in [0.717, 1.165) is 11.4 Å². The fraction of sp³-hybridized carbons (Fsp3) is 0.0476. The topological polar surface area (TPSA) is 8.17 Å². The van der Waals surface area contributed by atoms with Crippen LogP contribution in [-0.4, -0.2) is 4.57 Å². The molecule has 0 bridgehead atoms. The second-order valence-corrected chi connectivity index (χ2v) is 20.6. The number of fused-ring (bicyclic) bond motifs is 12. The second kappa shape index (κ2) is 14.6. The lowest BCUT2D eigenvalue weighted by Gasteiger charge is -2.27. The van der Waals surface area contributed by atoms with Crippen LogP contribution in [0.1, 0.15) is 25.0 Å². The van der Waals surface area contributed by atoms with Gasteiger partial charge in [0.15, 0.2) is 0 Å². The molecule has 0 fully saturated rings. The van der Waals surface area contributed by atoms with Crippen LogP contribution >= 0.6 is 22.7 Å². The van der Waals surface area contributed by atoms with Crippen LogP contribution in [0.25, 0.3) is 101 Å². The highest BCUT2D eigenvalue weighted by atomic mass is 32.1. The van der Waals surface area contributed by atoms with Gasteiger partial charge in [-0.1, -0.05) is 159 Å². The van der Waals surface area contributed by atoms with Crippen LogP contribution in [0.5, 0.6) is 0 Å². The van der Waals surface area contributed by atoms with Crippen LogP contribution in [0, 0.1) is 0 Å². The fourth-order valence-electron chi connectivity index (χ4n) is 11.2. The molecule has 0 N–H and O–H groups in total. The number of aromatic nitrogens is 1. The van der Waals surface area contributed by atoms with E-state index >= 15 is 0 Å². The molecule has 3 heterocycles. The fourth-order valence-corrected chi connectivity index (χ4v) is 13.6. The quantitative estimate of drug-likeness (QED) is 0.161. The van der Waals surface area contributed by atoms with E-state index in [1.54, 1.807) is 0 Å². The molecule has 4 heteroatoms. The van der Waals surface area contributed by atoms with E-state index in [1.807, 2.05) is 22.7 Å². The molecule has 0 amide bonds. The summed E-state index contributed by atoms with van der Waals surface area (Å²) in [6.07, 6.45) is 0. The first kappa shape index (κ1) is 38.5. The third kappa shape index (κ3) is 5.80. The van der Waals surface area contributed by atoms with Gasteiger partial charge in [0.1, 0.15) is 0 Å². The van der Waals surface area contributed by atoms with E-state index in [2.05, 4.69) is 242 Å². The Morgan fingerprint density at radius 1 is 0.373 bits per heavy atom. The molecule has 316 valence electrons. The number of anilines is 3. The number of benzene rings is 10. The van der Waals surface area contributed by atoms with Crippen molar-refractivity contribution in [2.75, 3.05) is 4.90 Å². The van der Waals surface area contributed by atoms with Gasteiger partial charge in [0.25, 0.3) is 0 Å². The molecule has 13 aromatic rings. The van der Waals surface area contributed by atoms with Crippen molar-refractivity contribution in [3.05, 3.63) is 230 Å². The molecule has 14 rings (SSSR count). The lowest BCUT2D eigenvalue weighted by Crippen LogP contribution is -2.14. The summed E-state index contributed by atoms with van der Waals surface area (Å²) in [7, 11) is 0. The van der Waals surface area contributed by atoms with Gasteiger partial charge in [-0.05, 0) is 117 Å².